The van der Waals surface area contributed by atoms with E-state index in [4.69, 9.17) is 0 Å². The van der Waals surface area contributed by atoms with Crippen molar-refractivity contribution in [3.8, 4) is 0 Å². The molecule has 0 spiro atoms. The third-order valence-corrected chi connectivity index (χ3v) is 5.61. The normalized spacial score (nSPS) is 42.1. The molecule has 0 radical (unpaired) electrons. The molecular weight excluding hydrogens is 224 g/mol. The molecule has 0 heterocycles. The zero-order valence-electron chi connectivity index (χ0n) is 11.4. The topological polar surface area (TPSA) is 40.5 Å². The fraction of sp³-hybridized carbons (Fsp3) is 0.625. The van der Waals surface area contributed by atoms with Crippen LogP contribution in [0.2, 0.25) is 0 Å². The van der Waals surface area contributed by atoms with Gasteiger partial charge in [-0.1, -0.05) is 45.0 Å². The number of aliphatic hydroxyl groups is 2. The minimum Gasteiger partial charge on any atom is -0.389 e. The van der Waals surface area contributed by atoms with Gasteiger partial charge in [-0.2, -0.15) is 0 Å². The number of hydrogen-bond acceptors (Lipinski definition) is 2. The average Bonchev–Trinajstić information content (AvgIpc) is 2.36. The molecule has 3 aliphatic rings. The van der Waals surface area contributed by atoms with Crippen LogP contribution < -0.4 is 0 Å². The maximum atomic E-state index is 10.7. The van der Waals surface area contributed by atoms with Crippen molar-refractivity contribution in [2.75, 3.05) is 0 Å². The Hall–Kier alpha value is -0.860. The molecule has 0 saturated heterocycles. The van der Waals surface area contributed by atoms with E-state index in [1.807, 2.05) is 12.1 Å². The monoisotopic (exact) mass is 246 g/mol. The lowest BCUT2D eigenvalue weighted by Crippen LogP contribution is -2.65. The zero-order valence-corrected chi connectivity index (χ0v) is 11.4. The molecule has 3 aliphatic carbocycles. The van der Waals surface area contributed by atoms with Crippen molar-refractivity contribution in [2.45, 2.75) is 56.7 Å². The van der Waals surface area contributed by atoms with E-state index in [1.165, 1.54) is 11.1 Å². The van der Waals surface area contributed by atoms with Gasteiger partial charge in [0.25, 0.3) is 0 Å². The summed E-state index contributed by atoms with van der Waals surface area (Å²) in [6.45, 7) is 6.39. The van der Waals surface area contributed by atoms with Crippen LogP contribution in [-0.2, 0) is 10.8 Å². The van der Waals surface area contributed by atoms with Crippen LogP contribution >= 0.6 is 0 Å². The molecule has 0 amide bonds. The first-order valence-corrected chi connectivity index (χ1v) is 6.90. The number of benzene rings is 1. The highest BCUT2D eigenvalue weighted by Crippen LogP contribution is 2.58. The largest absolute Gasteiger partial charge is 0.389 e. The Morgan fingerprint density at radius 2 is 1.67 bits per heavy atom. The summed E-state index contributed by atoms with van der Waals surface area (Å²) in [5.41, 5.74) is 1.94. The Bertz CT molecular complexity index is 482. The summed E-state index contributed by atoms with van der Waals surface area (Å²) in [4.78, 5) is 0. The summed E-state index contributed by atoms with van der Waals surface area (Å²) in [5, 5.41) is 21.2. The van der Waals surface area contributed by atoms with Crippen LogP contribution in [0.5, 0.6) is 0 Å². The highest BCUT2D eigenvalue weighted by molar-refractivity contribution is 5.48. The molecule has 1 aromatic rings. The molecule has 1 fully saturated rings. The molecule has 2 heteroatoms. The lowest BCUT2D eigenvalue weighted by Gasteiger charge is -2.60. The van der Waals surface area contributed by atoms with Crippen LogP contribution in [0.1, 0.15) is 44.7 Å². The number of fused-ring (bicyclic) bond motifs is 2. The van der Waals surface area contributed by atoms with Gasteiger partial charge in [-0.05, 0) is 29.9 Å². The van der Waals surface area contributed by atoms with Crippen LogP contribution in [0.25, 0.3) is 0 Å². The van der Waals surface area contributed by atoms with E-state index in [9.17, 15) is 10.2 Å². The van der Waals surface area contributed by atoms with Gasteiger partial charge in [-0.25, -0.2) is 0 Å². The molecule has 4 unspecified atom stereocenters. The van der Waals surface area contributed by atoms with Gasteiger partial charge in [0.15, 0.2) is 0 Å². The first-order valence-electron chi connectivity index (χ1n) is 6.90. The van der Waals surface area contributed by atoms with E-state index >= 15 is 0 Å². The van der Waals surface area contributed by atoms with Crippen molar-refractivity contribution in [1.29, 1.82) is 0 Å². The average molecular weight is 246 g/mol. The van der Waals surface area contributed by atoms with Crippen molar-refractivity contribution >= 4 is 0 Å². The molecule has 0 aromatic heterocycles. The van der Waals surface area contributed by atoms with Gasteiger partial charge in [0.1, 0.15) is 0 Å². The van der Waals surface area contributed by atoms with Crippen molar-refractivity contribution in [2.24, 2.45) is 5.92 Å². The second-order valence-electron chi connectivity index (χ2n) is 6.55. The van der Waals surface area contributed by atoms with E-state index < -0.39 is 12.2 Å². The van der Waals surface area contributed by atoms with Gasteiger partial charge in [0.2, 0.25) is 0 Å². The van der Waals surface area contributed by atoms with Gasteiger partial charge >= 0.3 is 0 Å². The smallest absolute Gasteiger partial charge is 0.0906 e. The first kappa shape index (κ1) is 12.2. The maximum absolute atomic E-state index is 10.7. The summed E-state index contributed by atoms with van der Waals surface area (Å²) >= 11 is 0. The van der Waals surface area contributed by atoms with E-state index in [-0.39, 0.29) is 10.8 Å². The molecule has 18 heavy (non-hydrogen) atoms. The first-order chi connectivity index (χ1) is 8.44. The standard InChI is InChI=1S/C16H22O2/c1-10(2)16-9-8-15(3,13(17)14(16)18)11-6-4-5-7-12(11)16/h4-7,10,13-14,17-18H,8-9H2,1-3H3. The molecule has 2 nitrogen and oxygen atoms in total. The van der Waals surface area contributed by atoms with Crippen LogP contribution in [0.3, 0.4) is 0 Å². The van der Waals surface area contributed by atoms with Gasteiger partial charge < -0.3 is 10.2 Å². The van der Waals surface area contributed by atoms with E-state index in [0.717, 1.165) is 12.8 Å². The summed E-state index contributed by atoms with van der Waals surface area (Å²) in [7, 11) is 0. The van der Waals surface area contributed by atoms with Gasteiger partial charge in [0.05, 0.1) is 12.2 Å². The summed E-state index contributed by atoms with van der Waals surface area (Å²) in [6, 6.07) is 8.35. The van der Waals surface area contributed by atoms with E-state index in [2.05, 4.69) is 32.9 Å². The number of hydrogen-bond donors (Lipinski definition) is 2. The van der Waals surface area contributed by atoms with Gasteiger partial charge in [-0.15, -0.1) is 0 Å². The van der Waals surface area contributed by atoms with Crippen LogP contribution in [-0.4, -0.2) is 22.4 Å². The Morgan fingerprint density at radius 3 is 2.28 bits per heavy atom. The third-order valence-electron chi connectivity index (χ3n) is 5.61. The Balaban J connectivity index is 2.32. The summed E-state index contributed by atoms with van der Waals surface area (Å²) in [5.74, 6) is 0.327. The van der Waals surface area contributed by atoms with Crippen LogP contribution in [0.4, 0.5) is 0 Å². The molecule has 2 bridgehead atoms. The zero-order chi connectivity index (χ0) is 13.1. The fourth-order valence-electron chi connectivity index (χ4n) is 4.31. The van der Waals surface area contributed by atoms with Crippen molar-refractivity contribution in [1.82, 2.24) is 0 Å². The second kappa shape index (κ2) is 3.58. The number of aliphatic hydroxyl groups excluding tert-OH is 2. The highest BCUT2D eigenvalue weighted by Gasteiger charge is 2.61. The van der Waals surface area contributed by atoms with E-state index in [0.29, 0.717) is 5.92 Å². The molecule has 98 valence electrons. The predicted molar refractivity (Wildman–Crippen MR) is 71.6 cm³/mol. The maximum Gasteiger partial charge on any atom is 0.0906 e. The lowest BCUT2D eigenvalue weighted by atomic mass is 9.46. The second-order valence-corrected chi connectivity index (χ2v) is 6.55. The van der Waals surface area contributed by atoms with Crippen LogP contribution in [0.15, 0.2) is 24.3 Å². The SMILES string of the molecule is CC(C)C12CCC(C)(c3ccccc31)C(O)C2O. The van der Waals surface area contributed by atoms with E-state index in [1.54, 1.807) is 0 Å². The molecule has 4 atom stereocenters. The minimum absolute atomic E-state index is 0.270. The van der Waals surface area contributed by atoms with Crippen molar-refractivity contribution in [3.05, 3.63) is 35.4 Å². The van der Waals surface area contributed by atoms with Gasteiger partial charge in [0, 0.05) is 10.8 Å². The highest BCUT2D eigenvalue weighted by atomic mass is 16.3. The Labute approximate surface area is 109 Å². The number of rotatable bonds is 1. The summed E-state index contributed by atoms with van der Waals surface area (Å²) in [6.07, 6.45) is 0.631. The fourth-order valence-corrected chi connectivity index (χ4v) is 4.31. The molecule has 1 aromatic carbocycles. The Kier molecular flexibility index (Phi) is 2.43. The minimum atomic E-state index is -0.649. The third kappa shape index (κ3) is 1.16. The van der Waals surface area contributed by atoms with Crippen molar-refractivity contribution < 1.29 is 10.2 Å². The Morgan fingerprint density at radius 1 is 1.06 bits per heavy atom. The predicted octanol–water partition coefficient (Wildman–Crippen LogP) is 2.37. The lowest BCUT2D eigenvalue weighted by molar-refractivity contribution is -0.127. The van der Waals surface area contributed by atoms with Crippen LogP contribution in [0, 0.1) is 5.92 Å². The van der Waals surface area contributed by atoms with Crippen molar-refractivity contribution in [3.63, 3.8) is 0 Å². The molecular formula is C16H22O2. The molecule has 4 rings (SSSR count). The molecule has 0 aliphatic heterocycles. The quantitative estimate of drug-likeness (QED) is 0.798. The molecule has 1 saturated carbocycles. The van der Waals surface area contributed by atoms with Gasteiger partial charge in [-0.3, -0.25) is 0 Å². The summed E-state index contributed by atoms with van der Waals surface area (Å²) < 4.78 is 0. The molecule has 2 N–H and O–H groups in total.